The average molecular weight is 310 g/mol. The van der Waals surface area contributed by atoms with E-state index in [0.717, 1.165) is 24.1 Å². The minimum atomic E-state index is -0.459. The lowest BCUT2D eigenvalue weighted by atomic mass is 9.78. The van der Waals surface area contributed by atoms with Gasteiger partial charge in [-0.3, -0.25) is 9.59 Å². The van der Waals surface area contributed by atoms with Crippen LogP contribution in [0, 0.1) is 5.41 Å². The number of allylic oxidation sites excluding steroid dienone is 1. The van der Waals surface area contributed by atoms with E-state index in [0.29, 0.717) is 25.1 Å². The summed E-state index contributed by atoms with van der Waals surface area (Å²) in [5.74, 6) is -0.0517. The van der Waals surface area contributed by atoms with Crippen molar-refractivity contribution >= 4 is 17.3 Å². The molecule has 6 heteroatoms. The Bertz CT molecular complexity index is 825. The molecule has 2 fully saturated rings. The first-order valence-corrected chi connectivity index (χ1v) is 7.80. The lowest BCUT2D eigenvalue weighted by Gasteiger charge is -2.33. The molecule has 2 aliphatic rings. The quantitative estimate of drug-likeness (QED) is 0.870. The Morgan fingerprint density at radius 1 is 1.35 bits per heavy atom. The number of aromatic nitrogens is 2. The molecule has 1 N–H and O–H groups in total. The molecule has 6 nitrogen and oxygen atoms in total. The summed E-state index contributed by atoms with van der Waals surface area (Å²) in [6.07, 6.45) is 5.67. The summed E-state index contributed by atoms with van der Waals surface area (Å²) in [7, 11) is 0. The van der Waals surface area contributed by atoms with Crippen LogP contribution in [0.5, 0.6) is 0 Å². The van der Waals surface area contributed by atoms with Crippen LogP contribution in [0.1, 0.15) is 29.6 Å². The summed E-state index contributed by atoms with van der Waals surface area (Å²) in [6.45, 7) is 4.89. The van der Waals surface area contributed by atoms with Gasteiger partial charge in [0.2, 0.25) is 5.91 Å². The number of nitrogens with zero attached hydrogens (tertiary/aromatic N) is 3. The third kappa shape index (κ3) is 2.13. The lowest BCUT2D eigenvalue weighted by Crippen LogP contribution is -2.46. The van der Waals surface area contributed by atoms with Gasteiger partial charge in [-0.05, 0) is 31.4 Å². The molecule has 2 aliphatic heterocycles. The van der Waals surface area contributed by atoms with Crippen molar-refractivity contribution in [2.45, 2.75) is 19.3 Å². The Labute approximate surface area is 133 Å². The van der Waals surface area contributed by atoms with E-state index >= 15 is 0 Å². The highest BCUT2D eigenvalue weighted by molar-refractivity contribution is 6.01. The maximum atomic E-state index is 12.8. The predicted octanol–water partition coefficient (Wildman–Crippen LogP) is 1.59. The van der Waals surface area contributed by atoms with Gasteiger partial charge in [-0.2, -0.15) is 5.10 Å². The predicted molar refractivity (Wildman–Crippen MR) is 84.7 cm³/mol. The number of amides is 2. The molecule has 0 aliphatic carbocycles. The molecule has 2 amide bonds. The van der Waals surface area contributed by atoms with Gasteiger partial charge in [0, 0.05) is 25.0 Å². The Hall–Kier alpha value is -2.63. The number of fused-ring (bicyclic) bond motifs is 1. The van der Waals surface area contributed by atoms with Crippen molar-refractivity contribution < 1.29 is 9.59 Å². The van der Waals surface area contributed by atoms with E-state index in [2.05, 4.69) is 17.0 Å². The topological polar surface area (TPSA) is 66.7 Å². The van der Waals surface area contributed by atoms with Crippen LogP contribution in [-0.4, -0.2) is 39.4 Å². The van der Waals surface area contributed by atoms with Crippen LogP contribution in [0.25, 0.3) is 5.52 Å². The Morgan fingerprint density at radius 2 is 2.22 bits per heavy atom. The van der Waals surface area contributed by atoms with Gasteiger partial charge in [0.15, 0.2) is 0 Å². The molecule has 0 saturated carbocycles. The van der Waals surface area contributed by atoms with Gasteiger partial charge in [-0.25, -0.2) is 4.52 Å². The molecule has 4 rings (SSSR count). The minimum absolute atomic E-state index is 0.00362. The van der Waals surface area contributed by atoms with Gasteiger partial charge < -0.3 is 10.2 Å². The lowest BCUT2D eigenvalue weighted by molar-refractivity contribution is -0.131. The Kier molecular flexibility index (Phi) is 3.01. The highest BCUT2D eigenvalue weighted by Gasteiger charge is 2.47. The molecule has 1 spiro atoms. The van der Waals surface area contributed by atoms with Crippen LogP contribution in [0.15, 0.2) is 42.9 Å². The number of hydrogen-bond donors (Lipinski definition) is 1. The van der Waals surface area contributed by atoms with Crippen LogP contribution in [-0.2, 0) is 4.79 Å². The number of piperidine rings is 1. The number of carbonyl (C=O) groups is 2. The molecule has 0 aromatic carbocycles. The summed E-state index contributed by atoms with van der Waals surface area (Å²) in [5, 5.41) is 7.07. The number of hydrogen-bond acceptors (Lipinski definition) is 3. The maximum absolute atomic E-state index is 12.8. The van der Waals surface area contributed by atoms with Crippen LogP contribution in [0.4, 0.5) is 0 Å². The SMILES string of the molecule is C=C1CCC2(CCN(C(=O)c3cnn4ccccc34)C2)C(=O)N1. The van der Waals surface area contributed by atoms with E-state index < -0.39 is 5.41 Å². The molecule has 2 saturated heterocycles. The summed E-state index contributed by atoms with van der Waals surface area (Å²) in [6, 6.07) is 5.64. The van der Waals surface area contributed by atoms with Gasteiger partial charge in [0.05, 0.1) is 22.7 Å². The number of rotatable bonds is 1. The van der Waals surface area contributed by atoms with E-state index in [-0.39, 0.29) is 11.8 Å². The first kappa shape index (κ1) is 14.0. The van der Waals surface area contributed by atoms with Gasteiger partial charge in [-0.1, -0.05) is 12.6 Å². The van der Waals surface area contributed by atoms with Crippen molar-refractivity contribution in [3.05, 3.63) is 48.4 Å². The highest BCUT2D eigenvalue weighted by atomic mass is 16.2. The fourth-order valence-electron chi connectivity index (χ4n) is 3.56. The second kappa shape index (κ2) is 4.94. The highest BCUT2D eigenvalue weighted by Crippen LogP contribution is 2.39. The fourth-order valence-corrected chi connectivity index (χ4v) is 3.56. The van der Waals surface area contributed by atoms with E-state index in [1.54, 1.807) is 15.6 Å². The number of carbonyl (C=O) groups excluding carboxylic acids is 2. The Balaban J connectivity index is 1.59. The second-order valence-electron chi connectivity index (χ2n) is 6.40. The van der Waals surface area contributed by atoms with Gasteiger partial charge >= 0.3 is 0 Å². The zero-order valence-corrected chi connectivity index (χ0v) is 12.8. The number of nitrogens with one attached hydrogen (secondary N) is 1. The molecule has 2 aromatic rings. The van der Waals surface area contributed by atoms with E-state index in [1.807, 2.05) is 24.4 Å². The number of likely N-dealkylation sites (tertiary alicyclic amines) is 1. The molecular formula is C17H18N4O2. The molecule has 23 heavy (non-hydrogen) atoms. The maximum Gasteiger partial charge on any atom is 0.257 e. The number of pyridine rings is 1. The first-order valence-electron chi connectivity index (χ1n) is 7.80. The van der Waals surface area contributed by atoms with Gasteiger partial charge in [0.25, 0.3) is 5.91 Å². The van der Waals surface area contributed by atoms with Crippen molar-refractivity contribution in [2.24, 2.45) is 5.41 Å². The molecule has 118 valence electrons. The van der Waals surface area contributed by atoms with Crippen LogP contribution < -0.4 is 5.32 Å². The van der Waals surface area contributed by atoms with Crippen LogP contribution >= 0.6 is 0 Å². The fraction of sp³-hybridized carbons (Fsp3) is 0.353. The van der Waals surface area contributed by atoms with Crippen molar-refractivity contribution in [1.29, 1.82) is 0 Å². The summed E-state index contributed by atoms with van der Waals surface area (Å²) >= 11 is 0. The summed E-state index contributed by atoms with van der Waals surface area (Å²) in [5.41, 5.74) is 1.69. The van der Waals surface area contributed by atoms with E-state index in [9.17, 15) is 9.59 Å². The molecule has 1 atom stereocenters. The Morgan fingerprint density at radius 3 is 3.04 bits per heavy atom. The summed E-state index contributed by atoms with van der Waals surface area (Å²) in [4.78, 5) is 27.0. The largest absolute Gasteiger partial charge is 0.337 e. The van der Waals surface area contributed by atoms with Crippen molar-refractivity contribution in [3.8, 4) is 0 Å². The molecule has 0 radical (unpaired) electrons. The van der Waals surface area contributed by atoms with Crippen molar-refractivity contribution in [3.63, 3.8) is 0 Å². The van der Waals surface area contributed by atoms with Crippen molar-refractivity contribution in [2.75, 3.05) is 13.1 Å². The van der Waals surface area contributed by atoms with Gasteiger partial charge in [-0.15, -0.1) is 0 Å². The zero-order chi connectivity index (χ0) is 16.0. The molecule has 1 unspecified atom stereocenters. The third-order valence-electron chi connectivity index (χ3n) is 4.98. The molecule has 4 heterocycles. The average Bonchev–Trinajstić information content (AvgIpc) is 3.16. The smallest absolute Gasteiger partial charge is 0.257 e. The zero-order valence-electron chi connectivity index (χ0n) is 12.8. The summed E-state index contributed by atoms with van der Waals surface area (Å²) < 4.78 is 1.69. The monoisotopic (exact) mass is 310 g/mol. The van der Waals surface area contributed by atoms with Gasteiger partial charge in [0.1, 0.15) is 0 Å². The van der Waals surface area contributed by atoms with E-state index in [4.69, 9.17) is 0 Å². The first-order chi connectivity index (χ1) is 11.1. The van der Waals surface area contributed by atoms with E-state index in [1.165, 1.54) is 0 Å². The van der Waals surface area contributed by atoms with Crippen LogP contribution in [0.2, 0.25) is 0 Å². The van der Waals surface area contributed by atoms with Crippen molar-refractivity contribution in [1.82, 2.24) is 19.8 Å². The normalized spacial score (nSPS) is 24.4. The molecular weight excluding hydrogens is 292 g/mol. The van der Waals surface area contributed by atoms with Crippen LogP contribution in [0.3, 0.4) is 0 Å². The third-order valence-corrected chi connectivity index (χ3v) is 4.98. The standard InChI is InChI=1S/C17H18N4O2/c1-12-5-6-17(16(23)19-12)7-9-20(11-17)15(22)13-10-18-21-8-3-2-4-14(13)21/h2-4,8,10H,1,5-7,9,11H2,(H,19,23). The minimum Gasteiger partial charge on any atom is -0.337 e. The molecule has 0 bridgehead atoms. The molecule has 2 aromatic heterocycles. The second-order valence-corrected chi connectivity index (χ2v) is 6.40.